The van der Waals surface area contributed by atoms with E-state index in [0.717, 1.165) is 26.4 Å². The average Bonchev–Trinajstić information content (AvgIpc) is 3.48. The van der Waals surface area contributed by atoms with E-state index in [1.807, 2.05) is 0 Å². The minimum Gasteiger partial charge on any atom is -0.373 e. The summed E-state index contributed by atoms with van der Waals surface area (Å²) in [7, 11) is 1.62. The van der Waals surface area contributed by atoms with Gasteiger partial charge in [-0.3, -0.25) is 0 Å². The Kier molecular flexibility index (Phi) is 31.4. The van der Waals surface area contributed by atoms with Crippen molar-refractivity contribution in [3.63, 3.8) is 0 Å². The number of thiol groups is 1. The van der Waals surface area contributed by atoms with Gasteiger partial charge in [0.1, 0.15) is 11.5 Å². The second-order valence-electron chi connectivity index (χ2n) is 5.59. The molecular weight excluding hydrogens is 364 g/mol. The number of ether oxygens (including phenoxy) is 5. The fourth-order valence-electron chi connectivity index (χ4n) is 1.28. The smallest absolute Gasteiger partial charge is 0.128 e. The molecule has 0 amide bonds. The maximum atomic E-state index is 4.86. The summed E-state index contributed by atoms with van der Waals surface area (Å²) in [5.41, 5.74) is -0.0139. The lowest BCUT2D eigenvalue weighted by atomic mass is 10.4. The Balaban J connectivity index is -0.0000000757. The zero-order valence-electron chi connectivity index (χ0n) is 14.3. The highest BCUT2D eigenvalue weighted by atomic mass is 32.1. The van der Waals surface area contributed by atoms with Crippen LogP contribution in [-0.2, 0) is 23.7 Å². The van der Waals surface area contributed by atoms with Gasteiger partial charge in [0, 0.05) is 7.11 Å². The summed E-state index contributed by atoms with van der Waals surface area (Å²) in [6.07, 6.45) is 5.74. The number of hydrogen-bond acceptors (Lipinski definition) is 6. The van der Waals surface area contributed by atoms with E-state index in [1.54, 1.807) is 7.11 Å². The third-order valence-electron chi connectivity index (χ3n) is 3.49. The lowest BCUT2D eigenvalue weighted by Crippen LogP contribution is -2.08. The maximum absolute atomic E-state index is 4.86. The molecule has 0 radical (unpaired) electrons. The third kappa shape index (κ3) is 26.1. The Hall–Kier alpha value is 0.150. The number of hydrogen-bond donors (Lipinski definition) is 1. The molecule has 0 bridgehead atoms. The van der Waals surface area contributed by atoms with Crippen molar-refractivity contribution in [2.75, 3.05) is 33.5 Å². The highest BCUT2D eigenvalue weighted by molar-refractivity contribution is 7.80. The Morgan fingerprint density at radius 2 is 0.963 bits per heavy atom. The second-order valence-corrected chi connectivity index (χ2v) is 6.10. The van der Waals surface area contributed by atoms with Crippen LogP contribution in [0.3, 0.4) is 0 Å². The first-order chi connectivity index (χ1) is 10.6. The summed E-state index contributed by atoms with van der Waals surface area (Å²) in [6, 6.07) is 0. The molecular formula is C21H52O5S. The molecule has 5 nitrogen and oxygen atoms in total. The van der Waals surface area contributed by atoms with Gasteiger partial charge in [-0.1, -0.05) is 57.9 Å². The van der Waals surface area contributed by atoms with Crippen LogP contribution in [-0.4, -0.2) is 63.4 Å². The molecule has 4 rings (SSSR count). The lowest BCUT2D eigenvalue weighted by molar-refractivity contribution is 0.145. The molecule has 27 heavy (non-hydrogen) atoms. The summed E-state index contributed by atoms with van der Waals surface area (Å²) in [6.45, 7) is 10.2. The van der Waals surface area contributed by atoms with Crippen LogP contribution in [0.4, 0.5) is 0 Å². The molecule has 4 heterocycles. The zero-order valence-corrected chi connectivity index (χ0v) is 15.2. The largest absolute Gasteiger partial charge is 0.373 e. The predicted molar refractivity (Wildman–Crippen MR) is 123 cm³/mol. The van der Waals surface area contributed by atoms with Crippen LogP contribution in [0.1, 0.15) is 77.2 Å². The average molecular weight is 417 g/mol. The summed E-state index contributed by atoms with van der Waals surface area (Å²) < 4.78 is 24.2. The monoisotopic (exact) mass is 416 g/mol. The molecule has 4 aliphatic heterocycles. The van der Waals surface area contributed by atoms with Gasteiger partial charge in [0.05, 0.1) is 44.7 Å². The first kappa shape index (κ1) is 37.8. The molecule has 4 saturated heterocycles. The Bertz CT molecular complexity index is 237. The van der Waals surface area contributed by atoms with Gasteiger partial charge < -0.3 is 23.7 Å². The van der Waals surface area contributed by atoms with Crippen molar-refractivity contribution in [3.05, 3.63) is 0 Å². The van der Waals surface area contributed by atoms with Crippen LogP contribution in [0.5, 0.6) is 0 Å². The van der Waals surface area contributed by atoms with E-state index in [-0.39, 0.29) is 48.7 Å². The normalized spacial score (nSPS) is 27.4. The highest BCUT2D eigenvalue weighted by Gasteiger charge is 2.29. The van der Waals surface area contributed by atoms with Crippen molar-refractivity contribution in [1.29, 1.82) is 0 Å². The highest BCUT2D eigenvalue weighted by Crippen LogP contribution is 2.18. The van der Waals surface area contributed by atoms with E-state index in [0.29, 0.717) is 18.3 Å². The third-order valence-corrected chi connectivity index (χ3v) is 4.04. The standard InChI is InChI=1S/C4H8O2S.3C4H8O.5CH4/c1-5-4(7)3-2-6-3;3*1-2-4-3-5-4;;;;;/h3-4,7H,2H2,1H3;3*4H,2-3H2,1H3;5*1H4. The fourth-order valence-corrected chi connectivity index (χ4v) is 1.46. The molecule has 0 aliphatic carbocycles. The van der Waals surface area contributed by atoms with Crippen molar-refractivity contribution in [2.24, 2.45) is 0 Å². The summed E-state index contributed by atoms with van der Waals surface area (Å²) >= 11 is 4.04. The lowest BCUT2D eigenvalue weighted by Gasteiger charge is -2.00. The van der Waals surface area contributed by atoms with Crippen LogP contribution >= 0.6 is 12.6 Å². The minimum atomic E-state index is -0.0139. The maximum Gasteiger partial charge on any atom is 0.128 e. The number of epoxide rings is 4. The molecule has 0 spiro atoms. The van der Waals surface area contributed by atoms with Crippen LogP contribution < -0.4 is 0 Å². The van der Waals surface area contributed by atoms with Crippen molar-refractivity contribution in [2.45, 2.75) is 107 Å². The van der Waals surface area contributed by atoms with Crippen molar-refractivity contribution >= 4 is 12.6 Å². The molecule has 4 aliphatic rings. The van der Waals surface area contributed by atoms with E-state index >= 15 is 0 Å². The molecule has 0 aromatic rings. The van der Waals surface area contributed by atoms with Gasteiger partial charge in [-0.15, -0.1) is 12.6 Å². The summed E-state index contributed by atoms with van der Waals surface area (Å²) in [5, 5.41) is 0. The van der Waals surface area contributed by atoms with Gasteiger partial charge in [0.25, 0.3) is 0 Å². The summed E-state index contributed by atoms with van der Waals surface area (Å²) in [5.74, 6) is 0. The molecule has 0 N–H and O–H groups in total. The number of rotatable bonds is 5. The second kappa shape index (κ2) is 22.4. The molecule has 172 valence electrons. The van der Waals surface area contributed by atoms with Crippen molar-refractivity contribution in [1.82, 2.24) is 0 Å². The Morgan fingerprint density at radius 1 is 0.704 bits per heavy atom. The molecule has 5 atom stereocenters. The van der Waals surface area contributed by atoms with Gasteiger partial charge in [0.15, 0.2) is 0 Å². The first-order valence-electron chi connectivity index (χ1n) is 8.31. The predicted octanol–water partition coefficient (Wildman–Crippen LogP) is 5.85. The van der Waals surface area contributed by atoms with Crippen LogP contribution in [0.2, 0.25) is 0 Å². The summed E-state index contributed by atoms with van der Waals surface area (Å²) in [4.78, 5) is 0. The van der Waals surface area contributed by atoms with Gasteiger partial charge >= 0.3 is 0 Å². The SMILES string of the molecule is C.C.C.C.C.CCC1CO1.CCC1CO1.CCC1CO1.COC(S)C1CO1. The van der Waals surface area contributed by atoms with E-state index in [2.05, 4.69) is 33.4 Å². The van der Waals surface area contributed by atoms with E-state index in [4.69, 9.17) is 23.7 Å². The first-order valence-corrected chi connectivity index (χ1v) is 8.83. The van der Waals surface area contributed by atoms with E-state index in [9.17, 15) is 0 Å². The molecule has 4 fully saturated rings. The molecule has 6 heteroatoms. The topological polar surface area (TPSA) is 59.3 Å². The van der Waals surface area contributed by atoms with E-state index in [1.165, 1.54) is 19.3 Å². The molecule has 0 aromatic carbocycles. The Labute approximate surface area is 177 Å². The number of methoxy groups -OCH3 is 1. The van der Waals surface area contributed by atoms with Gasteiger partial charge in [-0.2, -0.15) is 0 Å². The van der Waals surface area contributed by atoms with Crippen LogP contribution in [0.25, 0.3) is 0 Å². The molecule has 5 unspecified atom stereocenters. The fraction of sp³-hybridized carbons (Fsp3) is 1.00. The van der Waals surface area contributed by atoms with Crippen molar-refractivity contribution < 1.29 is 23.7 Å². The molecule has 0 aromatic heterocycles. The van der Waals surface area contributed by atoms with Gasteiger partial charge in [0.2, 0.25) is 0 Å². The molecule has 0 saturated carbocycles. The van der Waals surface area contributed by atoms with Crippen LogP contribution in [0, 0.1) is 0 Å². The van der Waals surface area contributed by atoms with Gasteiger partial charge in [-0.05, 0) is 19.3 Å². The van der Waals surface area contributed by atoms with E-state index < -0.39 is 0 Å². The zero-order chi connectivity index (χ0) is 16.4. The van der Waals surface area contributed by atoms with Crippen molar-refractivity contribution in [3.8, 4) is 0 Å². The Morgan fingerprint density at radius 3 is 1.00 bits per heavy atom. The minimum absolute atomic E-state index is 0. The van der Waals surface area contributed by atoms with Crippen LogP contribution in [0.15, 0.2) is 0 Å². The quantitative estimate of drug-likeness (QED) is 0.346. The van der Waals surface area contributed by atoms with Gasteiger partial charge in [-0.25, -0.2) is 0 Å².